The van der Waals surface area contributed by atoms with Gasteiger partial charge in [-0.15, -0.1) is 0 Å². The molecule has 2 aromatic heterocycles. The molecule has 0 amide bonds. The zero-order chi connectivity index (χ0) is 14.1. The number of nitrogens with zero attached hydrogens (tertiary/aromatic N) is 1. The minimum absolute atomic E-state index is 0.0420. The van der Waals surface area contributed by atoms with Crippen molar-refractivity contribution in [3.05, 3.63) is 65.7 Å². The van der Waals surface area contributed by atoms with Gasteiger partial charge < -0.3 is 9.52 Å². The first-order valence-electron chi connectivity index (χ1n) is 6.73. The molecule has 2 unspecified atom stereocenters. The van der Waals surface area contributed by atoms with E-state index in [-0.39, 0.29) is 5.92 Å². The molecule has 1 N–H and O–H groups in total. The number of furan rings is 1. The van der Waals surface area contributed by atoms with Gasteiger partial charge in [0.05, 0.1) is 0 Å². The van der Waals surface area contributed by atoms with Crippen molar-refractivity contribution < 1.29 is 9.52 Å². The van der Waals surface area contributed by atoms with Crippen molar-refractivity contribution >= 4 is 11.0 Å². The normalized spacial score (nSPS) is 14.3. The highest BCUT2D eigenvalue weighted by atomic mass is 16.4. The van der Waals surface area contributed by atoms with Crippen LogP contribution in [0.3, 0.4) is 0 Å². The van der Waals surface area contributed by atoms with Gasteiger partial charge in [0.2, 0.25) is 0 Å². The van der Waals surface area contributed by atoms with Crippen LogP contribution in [-0.2, 0) is 0 Å². The Kier molecular flexibility index (Phi) is 3.28. The first-order valence-corrected chi connectivity index (χ1v) is 6.73. The van der Waals surface area contributed by atoms with E-state index in [2.05, 4.69) is 11.1 Å². The monoisotopic (exact) mass is 267 g/mol. The van der Waals surface area contributed by atoms with E-state index in [0.717, 1.165) is 16.5 Å². The van der Waals surface area contributed by atoms with Crippen molar-refractivity contribution in [2.45, 2.75) is 25.9 Å². The molecule has 3 aromatic rings. The Morgan fingerprint density at radius 1 is 1.10 bits per heavy atom. The van der Waals surface area contributed by atoms with Crippen molar-refractivity contribution in [1.82, 2.24) is 4.98 Å². The third-order valence-electron chi connectivity index (χ3n) is 3.69. The molecule has 3 rings (SSSR count). The first kappa shape index (κ1) is 12.9. The molecule has 20 heavy (non-hydrogen) atoms. The number of rotatable bonds is 3. The summed E-state index contributed by atoms with van der Waals surface area (Å²) in [6, 6.07) is 11.8. The van der Waals surface area contributed by atoms with E-state index in [0.29, 0.717) is 5.76 Å². The van der Waals surface area contributed by atoms with E-state index in [1.165, 1.54) is 5.56 Å². The number of hydrogen-bond acceptors (Lipinski definition) is 3. The number of benzene rings is 1. The fourth-order valence-electron chi connectivity index (χ4n) is 2.42. The van der Waals surface area contributed by atoms with Gasteiger partial charge in [-0.1, -0.05) is 18.6 Å². The lowest BCUT2D eigenvalue weighted by Gasteiger charge is -2.16. The van der Waals surface area contributed by atoms with Gasteiger partial charge in [0, 0.05) is 23.7 Å². The van der Waals surface area contributed by atoms with Crippen LogP contribution in [0.5, 0.6) is 0 Å². The third-order valence-corrected chi connectivity index (χ3v) is 3.69. The zero-order valence-electron chi connectivity index (χ0n) is 11.6. The molecule has 0 fully saturated rings. The number of aromatic nitrogens is 1. The molecule has 2 atom stereocenters. The topological polar surface area (TPSA) is 46.3 Å². The van der Waals surface area contributed by atoms with Gasteiger partial charge in [0.1, 0.15) is 17.4 Å². The maximum Gasteiger partial charge on any atom is 0.134 e. The summed E-state index contributed by atoms with van der Waals surface area (Å²) in [5.74, 6) is 0.564. The summed E-state index contributed by atoms with van der Waals surface area (Å²) in [6.45, 7) is 4.03. The largest absolute Gasteiger partial charge is 0.458 e. The molecule has 2 heterocycles. The van der Waals surface area contributed by atoms with E-state index >= 15 is 0 Å². The van der Waals surface area contributed by atoms with E-state index in [4.69, 9.17) is 4.42 Å². The minimum Gasteiger partial charge on any atom is -0.458 e. The average Bonchev–Trinajstić information content (AvgIpc) is 2.89. The van der Waals surface area contributed by atoms with Crippen molar-refractivity contribution in [3.63, 3.8) is 0 Å². The van der Waals surface area contributed by atoms with Gasteiger partial charge in [-0.2, -0.15) is 0 Å². The number of aliphatic hydroxyl groups is 1. The quantitative estimate of drug-likeness (QED) is 0.781. The number of aliphatic hydroxyl groups excluding tert-OH is 1. The second-order valence-corrected chi connectivity index (χ2v) is 5.20. The fourth-order valence-corrected chi connectivity index (χ4v) is 2.42. The number of pyridine rings is 1. The van der Waals surface area contributed by atoms with Crippen molar-refractivity contribution in [1.29, 1.82) is 0 Å². The minimum atomic E-state index is -0.662. The molecule has 0 radical (unpaired) electrons. The van der Waals surface area contributed by atoms with Crippen LogP contribution in [0.15, 0.2) is 53.2 Å². The Bertz CT molecular complexity index is 718. The van der Waals surface area contributed by atoms with Crippen LogP contribution in [0, 0.1) is 6.92 Å². The second-order valence-electron chi connectivity index (χ2n) is 5.20. The van der Waals surface area contributed by atoms with Crippen molar-refractivity contribution in [2.24, 2.45) is 0 Å². The molecule has 3 nitrogen and oxygen atoms in total. The summed E-state index contributed by atoms with van der Waals surface area (Å²) in [7, 11) is 0. The summed E-state index contributed by atoms with van der Waals surface area (Å²) in [4.78, 5) is 4.00. The van der Waals surface area contributed by atoms with Crippen molar-refractivity contribution in [2.75, 3.05) is 0 Å². The van der Waals surface area contributed by atoms with Gasteiger partial charge in [-0.05, 0) is 42.8 Å². The lowest BCUT2D eigenvalue weighted by molar-refractivity contribution is 0.128. The van der Waals surface area contributed by atoms with Crippen LogP contribution >= 0.6 is 0 Å². The number of fused-ring (bicyclic) bond motifs is 1. The summed E-state index contributed by atoms with van der Waals surface area (Å²) in [5, 5.41) is 11.5. The van der Waals surface area contributed by atoms with E-state index in [1.54, 1.807) is 12.4 Å². The first-order chi connectivity index (χ1) is 9.65. The van der Waals surface area contributed by atoms with Crippen LogP contribution in [-0.4, -0.2) is 10.1 Å². The number of aryl methyl sites for hydroxylation is 1. The summed E-state index contributed by atoms with van der Waals surface area (Å²) < 4.78 is 5.76. The maximum atomic E-state index is 10.5. The average molecular weight is 267 g/mol. The predicted molar refractivity (Wildman–Crippen MR) is 78.6 cm³/mol. The molecular formula is C17H17NO2. The Morgan fingerprint density at radius 2 is 1.85 bits per heavy atom. The summed E-state index contributed by atoms with van der Waals surface area (Å²) >= 11 is 0. The third kappa shape index (κ3) is 2.32. The lowest BCUT2D eigenvalue weighted by atomic mass is 9.95. The Labute approximate surface area is 117 Å². The molecule has 1 aromatic carbocycles. The molecule has 0 saturated carbocycles. The molecule has 0 aliphatic heterocycles. The highest BCUT2D eigenvalue weighted by Gasteiger charge is 2.21. The molecule has 0 bridgehead atoms. The smallest absolute Gasteiger partial charge is 0.134 e. The molecular weight excluding hydrogens is 250 g/mol. The Morgan fingerprint density at radius 3 is 2.60 bits per heavy atom. The van der Waals surface area contributed by atoms with E-state index in [9.17, 15) is 5.11 Å². The Balaban J connectivity index is 1.94. The Hall–Kier alpha value is -2.13. The molecule has 0 saturated heterocycles. The van der Waals surface area contributed by atoms with Crippen molar-refractivity contribution in [3.8, 4) is 0 Å². The fraction of sp³-hybridized carbons (Fsp3) is 0.235. The molecule has 0 spiro atoms. The molecule has 0 aliphatic rings. The molecule has 3 heteroatoms. The van der Waals surface area contributed by atoms with Gasteiger partial charge in [0.15, 0.2) is 0 Å². The maximum absolute atomic E-state index is 10.5. The summed E-state index contributed by atoms with van der Waals surface area (Å²) in [5.41, 5.74) is 3.04. The van der Waals surface area contributed by atoms with E-state index in [1.807, 2.05) is 44.2 Å². The van der Waals surface area contributed by atoms with Gasteiger partial charge in [-0.25, -0.2) is 0 Å². The van der Waals surface area contributed by atoms with Crippen LogP contribution in [0.4, 0.5) is 0 Å². The SMILES string of the molecule is Cc1ccc2oc(C(O)C(C)c3ccncc3)cc2c1. The lowest BCUT2D eigenvalue weighted by Crippen LogP contribution is -2.06. The highest BCUT2D eigenvalue weighted by molar-refractivity contribution is 5.78. The zero-order valence-corrected chi connectivity index (χ0v) is 11.6. The van der Waals surface area contributed by atoms with Crippen LogP contribution in [0.1, 0.15) is 35.8 Å². The molecule has 102 valence electrons. The van der Waals surface area contributed by atoms with Gasteiger partial charge in [-0.3, -0.25) is 4.98 Å². The van der Waals surface area contributed by atoms with E-state index < -0.39 is 6.10 Å². The van der Waals surface area contributed by atoms with Gasteiger partial charge >= 0.3 is 0 Å². The highest BCUT2D eigenvalue weighted by Crippen LogP contribution is 2.33. The summed E-state index contributed by atoms with van der Waals surface area (Å²) in [6.07, 6.45) is 2.81. The van der Waals surface area contributed by atoms with Crippen LogP contribution < -0.4 is 0 Å². The molecule has 0 aliphatic carbocycles. The predicted octanol–water partition coefficient (Wildman–Crippen LogP) is 3.97. The van der Waals surface area contributed by atoms with Crippen LogP contribution in [0.25, 0.3) is 11.0 Å². The number of hydrogen-bond donors (Lipinski definition) is 1. The van der Waals surface area contributed by atoms with Crippen LogP contribution in [0.2, 0.25) is 0 Å². The standard InChI is InChI=1S/C17H17NO2/c1-11-3-4-15-14(9-11)10-16(20-15)17(19)12(2)13-5-7-18-8-6-13/h3-10,12,17,19H,1-2H3. The second kappa shape index (κ2) is 5.10. The van der Waals surface area contributed by atoms with Gasteiger partial charge in [0.25, 0.3) is 0 Å².